The van der Waals surface area contributed by atoms with E-state index in [1.807, 2.05) is 18.2 Å². The summed E-state index contributed by atoms with van der Waals surface area (Å²) >= 11 is 0. The first-order valence-corrected chi connectivity index (χ1v) is 8.98. The molecule has 0 aliphatic heterocycles. The van der Waals surface area contributed by atoms with Gasteiger partial charge >= 0.3 is 0 Å². The molecule has 0 saturated heterocycles. The first-order valence-electron chi connectivity index (χ1n) is 8.98. The van der Waals surface area contributed by atoms with Crippen LogP contribution in [0.1, 0.15) is 42.5 Å². The molecule has 3 rings (SSSR count). The second kappa shape index (κ2) is 8.32. The molecule has 24 heavy (non-hydrogen) atoms. The van der Waals surface area contributed by atoms with Crippen molar-refractivity contribution < 1.29 is 9.84 Å². The second-order valence-electron chi connectivity index (χ2n) is 6.48. The Bertz CT molecular complexity index is 656. The van der Waals surface area contributed by atoms with Gasteiger partial charge in [0.25, 0.3) is 0 Å². The van der Waals surface area contributed by atoms with E-state index in [0.717, 1.165) is 25.0 Å². The minimum atomic E-state index is -0.510. The summed E-state index contributed by atoms with van der Waals surface area (Å²) in [5.41, 5.74) is 4.00. The highest BCUT2D eigenvalue weighted by Crippen LogP contribution is 2.29. The number of aliphatic hydroxyl groups is 1. The monoisotopic (exact) mass is 325 g/mol. The van der Waals surface area contributed by atoms with Crippen molar-refractivity contribution in [3.05, 3.63) is 65.2 Å². The molecule has 0 saturated carbocycles. The van der Waals surface area contributed by atoms with Gasteiger partial charge in [0.15, 0.2) is 0 Å². The molecule has 0 bridgehead atoms. The zero-order valence-corrected chi connectivity index (χ0v) is 14.4. The molecule has 2 atom stereocenters. The number of para-hydroxylation sites is 1. The van der Waals surface area contributed by atoms with Crippen LogP contribution < -0.4 is 10.1 Å². The van der Waals surface area contributed by atoms with Crippen LogP contribution in [0.15, 0.2) is 48.5 Å². The van der Waals surface area contributed by atoms with Crippen LogP contribution in [-0.2, 0) is 12.8 Å². The van der Waals surface area contributed by atoms with Gasteiger partial charge in [0.2, 0.25) is 0 Å². The lowest BCUT2D eigenvalue weighted by Gasteiger charge is -2.27. The highest BCUT2D eigenvalue weighted by Gasteiger charge is 2.20. The summed E-state index contributed by atoms with van der Waals surface area (Å²) < 4.78 is 5.81. The molecule has 0 fully saturated rings. The van der Waals surface area contributed by atoms with Crippen LogP contribution in [0.25, 0.3) is 0 Å². The predicted molar refractivity (Wildman–Crippen MR) is 97.4 cm³/mol. The van der Waals surface area contributed by atoms with Gasteiger partial charge in [0, 0.05) is 12.6 Å². The summed E-state index contributed by atoms with van der Waals surface area (Å²) in [6, 6.07) is 17.0. The van der Waals surface area contributed by atoms with Crippen molar-refractivity contribution in [1.82, 2.24) is 5.32 Å². The molecule has 0 radical (unpaired) electrons. The zero-order valence-electron chi connectivity index (χ0n) is 14.4. The van der Waals surface area contributed by atoms with E-state index in [1.54, 1.807) is 0 Å². The van der Waals surface area contributed by atoms with Crippen molar-refractivity contribution in [2.24, 2.45) is 0 Å². The molecule has 3 nitrogen and oxygen atoms in total. The summed E-state index contributed by atoms with van der Waals surface area (Å²) in [5, 5.41) is 13.8. The average Bonchev–Trinajstić information content (AvgIpc) is 2.64. The quantitative estimate of drug-likeness (QED) is 0.816. The van der Waals surface area contributed by atoms with E-state index in [4.69, 9.17) is 4.74 Å². The first kappa shape index (κ1) is 17.0. The molecule has 2 aromatic rings. The number of aryl methyl sites for hydroxylation is 2. The van der Waals surface area contributed by atoms with Crippen molar-refractivity contribution in [2.45, 2.75) is 44.8 Å². The van der Waals surface area contributed by atoms with Gasteiger partial charge in [-0.05, 0) is 48.4 Å². The fourth-order valence-electron chi connectivity index (χ4n) is 3.43. The number of hydrogen-bond donors (Lipinski definition) is 2. The smallest absolute Gasteiger partial charge is 0.122 e. The molecule has 1 aliphatic carbocycles. The standard InChI is InChI=1S/C21H27NO2/c1-2-16-8-4-6-13-21(16)24-15-18(23)14-22-20-12-7-10-17-9-3-5-11-19(17)20/h3-6,8-9,11,13,18,20,22-23H,2,7,10,12,14-15H2,1H3/t18-,20+/m1/s1. The number of rotatable bonds is 7. The Morgan fingerprint density at radius 2 is 1.96 bits per heavy atom. The lowest BCUT2D eigenvalue weighted by Crippen LogP contribution is -2.35. The topological polar surface area (TPSA) is 41.5 Å². The number of hydrogen-bond acceptors (Lipinski definition) is 3. The minimum absolute atomic E-state index is 0.318. The highest BCUT2D eigenvalue weighted by molar-refractivity contribution is 5.33. The minimum Gasteiger partial charge on any atom is -0.491 e. The van der Waals surface area contributed by atoms with Crippen molar-refractivity contribution in [1.29, 1.82) is 0 Å². The molecule has 128 valence electrons. The Hall–Kier alpha value is -1.84. The Kier molecular flexibility index (Phi) is 5.89. The van der Waals surface area contributed by atoms with Crippen LogP contribution in [0.3, 0.4) is 0 Å². The van der Waals surface area contributed by atoms with E-state index in [9.17, 15) is 5.11 Å². The molecule has 0 heterocycles. The van der Waals surface area contributed by atoms with Crippen molar-refractivity contribution in [2.75, 3.05) is 13.2 Å². The van der Waals surface area contributed by atoms with E-state index in [0.29, 0.717) is 19.2 Å². The number of ether oxygens (including phenoxy) is 1. The summed E-state index contributed by atoms with van der Waals surface area (Å²) in [5.74, 6) is 0.877. The SMILES string of the molecule is CCc1ccccc1OC[C@H](O)CN[C@H]1CCCc2ccccc21. The Morgan fingerprint density at radius 1 is 1.17 bits per heavy atom. The van der Waals surface area contributed by atoms with Gasteiger partial charge in [0.1, 0.15) is 18.5 Å². The fourth-order valence-corrected chi connectivity index (χ4v) is 3.43. The Labute approximate surface area is 144 Å². The lowest BCUT2D eigenvalue weighted by atomic mass is 9.88. The number of nitrogens with one attached hydrogen (secondary N) is 1. The summed E-state index contributed by atoms with van der Waals surface area (Å²) in [7, 11) is 0. The molecule has 0 aromatic heterocycles. The molecule has 1 aliphatic rings. The van der Waals surface area contributed by atoms with Crippen molar-refractivity contribution in [3.8, 4) is 5.75 Å². The van der Waals surface area contributed by atoms with Gasteiger partial charge < -0.3 is 15.2 Å². The van der Waals surface area contributed by atoms with E-state index in [1.165, 1.54) is 23.1 Å². The predicted octanol–water partition coefficient (Wildman–Crippen LogP) is 3.66. The van der Waals surface area contributed by atoms with Crippen LogP contribution >= 0.6 is 0 Å². The summed E-state index contributed by atoms with van der Waals surface area (Å²) in [6.45, 7) is 2.98. The number of fused-ring (bicyclic) bond motifs is 1. The van der Waals surface area contributed by atoms with E-state index in [2.05, 4.69) is 42.6 Å². The zero-order chi connectivity index (χ0) is 16.8. The molecule has 0 unspecified atom stereocenters. The van der Waals surface area contributed by atoms with Gasteiger partial charge in [-0.15, -0.1) is 0 Å². The third-order valence-corrected chi connectivity index (χ3v) is 4.75. The van der Waals surface area contributed by atoms with E-state index >= 15 is 0 Å². The second-order valence-corrected chi connectivity index (χ2v) is 6.48. The van der Waals surface area contributed by atoms with Gasteiger partial charge in [0.05, 0.1) is 0 Å². The van der Waals surface area contributed by atoms with Crippen molar-refractivity contribution >= 4 is 0 Å². The number of benzene rings is 2. The third kappa shape index (κ3) is 4.16. The molecule has 0 spiro atoms. The van der Waals surface area contributed by atoms with E-state index in [-0.39, 0.29) is 0 Å². The highest BCUT2D eigenvalue weighted by atomic mass is 16.5. The maximum Gasteiger partial charge on any atom is 0.122 e. The molecule has 0 amide bonds. The molecule has 2 N–H and O–H groups in total. The number of aliphatic hydroxyl groups excluding tert-OH is 1. The summed E-state index contributed by atoms with van der Waals surface area (Å²) in [4.78, 5) is 0. The molecule has 3 heteroatoms. The molecular weight excluding hydrogens is 298 g/mol. The van der Waals surface area contributed by atoms with Crippen LogP contribution in [0.5, 0.6) is 5.75 Å². The largest absolute Gasteiger partial charge is 0.491 e. The van der Waals surface area contributed by atoms with Gasteiger partial charge in [-0.3, -0.25) is 0 Å². The fraction of sp³-hybridized carbons (Fsp3) is 0.429. The normalized spacial score (nSPS) is 18.0. The average molecular weight is 325 g/mol. The first-order chi connectivity index (χ1) is 11.8. The van der Waals surface area contributed by atoms with E-state index < -0.39 is 6.10 Å². The van der Waals surface area contributed by atoms with Gasteiger partial charge in [-0.1, -0.05) is 49.4 Å². The molecule has 2 aromatic carbocycles. The van der Waals surface area contributed by atoms with Crippen LogP contribution in [0, 0.1) is 0 Å². The summed E-state index contributed by atoms with van der Waals surface area (Å²) in [6.07, 6.45) is 3.91. The third-order valence-electron chi connectivity index (χ3n) is 4.75. The van der Waals surface area contributed by atoms with Crippen LogP contribution in [0.2, 0.25) is 0 Å². The molecular formula is C21H27NO2. The van der Waals surface area contributed by atoms with Gasteiger partial charge in [-0.25, -0.2) is 0 Å². The maximum absolute atomic E-state index is 10.3. The van der Waals surface area contributed by atoms with Gasteiger partial charge in [-0.2, -0.15) is 0 Å². The Morgan fingerprint density at radius 3 is 2.83 bits per heavy atom. The van der Waals surface area contributed by atoms with Crippen LogP contribution in [-0.4, -0.2) is 24.4 Å². The van der Waals surface area contributed by atoms with Crippen molar-refractivity contribution in [3.63, 3.8) is 0 Å². The lowest BCUT2D eigenvalue weighted by molar-refractivity contribution is 0.102. The van der Waals surface area contributed by atoms with Crippen LogP contribution in [0.4, 0.5) is 0 Å². The maximum atomic E-state index is 10.3. The Balaban J connectivity index is 1.50.